The van der Waals surface area contributed by atoms with E-state index in [1.807, 2.05) is 20.8 Å². The maximum atomic E-state index is 12.9. The maximum Gasteiger partial charge on any atom is 0.410 e. The molecule has 2 aliphatic rings. The van der Waals surface area contributed by atoms with Gasteiger partial charge in [-0.3, -0.25) is 0 Å². The van der Waals surface area contributed by atoms with Crippen LogP contribution in [0.2, 0.25) is 0 Å². The Balaban J connectivity index is 1.80. The predicted molar refractivity (Wildman–Crippen MR) is 60.6 cm³/mol. The summed E-state index contributed by atoms with van der Waals surface area (Å²) in [6, 6.07) is 0. The molecule has 2 rings (SSSR count). The summed E-state index contributed by atoms with van der Waals surface area (Å²) in [5, 5.41) is 0. The number of alkyl halides is 1. The molecular weight excluding hydrogens is 225 g/mol. The Bertz CT molecular complexity index is 297. The molecule has 0 radical (unpaired) electrons. The predicted octanol–water partition coefficient (Wildman–Crippen LogP) is 2.12. The summed E-state index contributed by atoms with van der Waals surface area (Å²) >= 11 is 0. The standard InChI is InChI=1S/C12H20FNO3/c1-11(2,3)17-10(15)14-7-12(8-14)5-4-9(13)6-16-12/h9H,4-8H2,1-3H3. The minimum absolute atomic E-state index is 0.155. The molecule has 1 spiro atoms. The number of amides is 1. The number of ether oxygens (including phenoxy) is 2. The molecule has 0 aromatic carbocycles. The van der Waals surface area contributed by atoms with Crippen molar-refractivity contribution in [3.05, 3.63) is 0 Å². The number of carbonyl (C=O) groups excluding carboxylic acids is 1. The molecule has 0 saturated carbocycles. The Morgan fingerprint density at radius 1 is 1.47 bits per heavy atom. The average molecular weight is 245 g/mol. The third-order valence-electron chi connectivity index (χ3n) is 3.09. The van der Waals surface area contributed by atoms with Crippen LogP contribution in [0.5, 0.6) is 0 Å². The number of halogens is 1. The maximum absolute atomic E-state index is 12.9. The van der Waals surface area contributed by atoms with Crippen LogP contribution in [0, 0.1) is 0 Å². The van der Waals surface area contributed by atoms with Gasteiger partial charge in [-0.05, 0) is 33.6 Å². The molecule has 2 saturated heterocycles. The van der Waals surface area contributed by atoms with Crippen molar-refractivity contribution in [3.63, 3.8) is 0 Å². The van der Waals surface area contributed by atoms with Gasteiger partial charge in [-0.15, -0.1) is 0 Å². The van der Waals surface area contributed by atoms with E-state index in [4.69, 9.17) is 9.47 Å². The highest BCUT2D eigenvalue weighted by molar-refractivity contribution is 5.69. The van der Waals surface area contributed by atoms with Gasteiger partial charge in [0.15, 0.2) is 0 Å². The molecular formula is C12H20FNO3. The molecule has 1 amide bonds. The smallest absolute Gasteiger partial charge is 0.410 e. The summed E-state index contributed by atoms with van der Waals surface area (Å²) in [6.07, 6.45) is 0.0561. The molecule has 0 aromatic rings. The zero-order valence-corrected chi connectivity index (χ0v) is 10.7. The van der Waals surface area contributed by atoms with Crippen LogP contribution >= 0.6 is 0 Å². The highest BCUT2D eigenvalue weighted by Gasteiger charge is 2.49. The van der Waals surface area contributed by atoms with Gasteiger partial charge in [0, 0.05) is 0 Å². The summed E-state index contributed by atoms with van der Waals surface area (Å²) in [6.45, 7) is 6.72. The van der Waals surface area contributed by atoms with Crippen molar-refractivity contribution in [2.24, 2.45) is 0 Å². The molecule has 0 aliphatic carbocycles. The van der Waals surface area contributed by atoms with Crippen LogP contribution in [0.15, 0.2) is 0 Å². The van der Waals surface area contributed by atoms with Gasteiger partial charge in [-0.1, -0.05) is 0 Å². The minimum atomic E-state index is -0.851. The summed E-state index contributed by atoms with van der Waals surface area (Å²) in [5.74, 6) is 0. The number of nitrogens with zero attached hydrogens (tertiary/aromatic N) is 1. The first kappa shape index (κ1) is 12.6. The van der Waals surface area contributed by atoms with Crippen LogP contribution in [-0.4, -0.2) is 48.1 Å². The van der Waals surface area contributed by atoms with Gasteiger partial charge in [0.25, 0.3) is 0 Å². The highest BCUT2D eigenvalue weighted by Crippen LogP contribution is 2.35. The van der Waals surface area contributed by atoms with Crippen molar-refractivity contribution in [2.45, 2.75) is 51.0 Å². The Morgan fingerprint density at radius 3 is 2.59 bits per heavy atom. The van der Waals surface area contributed by atoms with Crippen LogP contribution in [-0.2, 0) is 9.47 Å². The van der Waals surface area contributed by atoms with E-state index in [2.05, 4.69) is 0 Å². The van der Waals surface area contributed by atoms with Crippen molar-refractivity contribution >= 4 is 6.09 Å². The molecule has 0 aromatic heterocycles. The number of hydrogen-bond donors (Lipinski definition) is 0. The lowest BCUT2D eigenvalue weighted by Crippen LogP contribution is -2.66. The molecule has 2 heterocycles. The molecule has 1 unspecified atom stereocenters. The largest absolute Gasteiger partial charge is 0.444 e. The Kier molecular flexibility index (Phi) is 3.06. The Morgan fingerprint density at radius 2 is 2.12 bits per heavy atom. The van der Waals surface area contributed by atoms with Crippen LogP contribution < -0.4 is 0 Å². The summed E-state index contributed by atoms with van der Waals surface area (Å²) in [5.41, 5.74) is -0.781. The quantitative estimate of drug-likeness (QED) is 0.656. The number of hydrogen-bond acceptors (Lipinski definition) is 3. The second-order valence-electron chi connectivity index (χ2n) is 5.97. The van der Waals surface area contributed by atoms with Crippen molar-refractivity contribution in [2.75, 3.05) is 19.7 Å². The Labute approximate surface area is 101 Å². The lowest BCUT2D eigenvalue weighted by molar-refractivity contribution is -0.175. The summed E-state index contributed by atoms with van der Waals surface area (Å²) < 4.78 is 23.7. The van der Waals surface area contributed by atoms with Crippen LogP contribution in [0.4, 0.5) is 9.18 Å². The first-order chi connectivity index (χ1) is 7.80. The molecule has 5 heteroatoms. The van der Waals surface area contributed by atoms with E-state index in [1.165, 1.54) is 0 Å². The summed E-state index contributed by atoms with van der Waals surface area (Å²) in [4.78, 5) is 13.3. The molecule has 2 aliphatic heterocycles. The molecule has 98 valence electrons. The second-order valence-corrected chi connectivity index (χ2v) is 5.97. The van der Waals surface area contributed by atoms with Gasteiger partial charge >= 0.3 is 6.09 Å². The molecule has 0 N–H and O–H groups in total. The van der Waals surface area contributed by atoms with Gasteiger partial charge in [0.1, 0.15) is 17.4 Å². The third kappa shape index (κ3) is 2.89. The number of rotatable bonds is 0. The minimum Gasteiger partial charge on any atom is -0.444 e. The monoisotopic (exact) mass is 245 g/mol. The van der Waals surface area contributed by atoms with Crippen LogP contribution in [0.3, 0.4) is 0 Å². The number of carbonyl (C=O) groups is 1. The fourth-order valence-corrected chi connectivity index (χ4v) is 2.20. The molecule has 17 heavy (non-hydrogen) atoms. The van der Waals surface area contributed by atoms with E-state index in [-0.39, 0.29) is 18.3 Å². The van der Waals surface area contributed by atoms with Gasteiger partial charge in [0.05, 0.1) is 19.7 Å². The van der Waals surface area contributed by atoms with Crippen molar-refractivity contribution in [1.29, 1.82) is 0 Å². The van der Waals surface area contributed by atoms with E-state index in [1.54, 1.807) is 4.90 Å². The first-order valence-electron chi connectivity index (χ1n) is 6.06. The normalized spacial score (nSPS) is 27.8. The van der Waals surface area contributed by atoms with Gasteiger partial charge < -0.3 is 14.4 Å². The van der Waals surface area contributed by atoms with Crippen molar-refractivity contribution in [1.82, 2.24) is 4.90 Å². The lowest BCUT2D eigenvalue weighted by atomic mass is 9.86. The van der Waals surface area contributed by atoms with Gasteiger partial charge in [0.2, 0.25) is 0 Å². The third-order valence-corrected chi connectivity index (χ3v) is 3.09. The topological polar surface area (TPSA) is 38.8 Å². The molecule has 1 atom stereocenters. The van der Waals surface area contributed by atoms with Crippen molar-refractivity contribution < 1.29 is 18.7 Å². The van der Waals surface area contributed by atoms with Crippen LogP contribution in [0.1, 0.15) is 33.6 Å². The second kappa shape index (κ2) is 4.12. The molecule has 4 nitrogen and oxygen atoms in total. The van der Waals surface area contributed by atoms with E-state index in [9.17, 15) is 9.18 Å². The summed E-state index contributed by atoms with van der Waals surface area (Å²) in [7, 11) is 0. The zero-order chi connectivity index (χ0) is 12.7. The van der Waals surface area contributed by atoms with Crippen molar-refractivity contribution in [3.8, 4) is 0 Å². The molecule has 0 bridgehead atoms. The average Bonchev–Trinajstić information content (AvgIpc) is 2.13. The number of likely N-dealkylation sites (tertiary alicyclic amines) is 1. The van der Waals surface area contributed by atoms with Crippen LogP contribution in [0.25, 0.3) is 0 Å². The van der Waals surface area contributed by atoms with E-state index < -0.39 is 11.8 Å². The fourth-order valence-electron chi connectivity index (χ4n) is 2.20. The SMILES string of the molecule is CC(C)(C)OC(=O)N1CC2(CCC(F)CO2)C1. The fraction of sp³-hybridized carbons (Fsp3) is 0.917. The molecule has 2 fully saturated rings. The Hall–Kier alpha value is -0.840. The van der Waals surface area contributed by atoms with Gasteiger partial charge in [-0.25, -0.2) is 9.18 Å². The first-order valence-corrected chi connectivity index (χ1v) is 6.06. The van der Waals surface area contributed by atoms with Gasteiger partial charge in [-0.2, -0.15) is 0 Å². The zero-order valence-electron chi connectivity index (χ0n) is 10.7. The lowest BCUT2D eigenvalue weighted by Gasteiger charge is -2.51. The van der Waals surface area contributed by atoms with E-state index in [0.29, 0.717) is 25.9 Å². The highest BCUT2D eigenvalue weighted by atomic mass is 19.1. The van der Waals surface area contributed by atoms with E-state index in [0.717, 1.165) is 0 Å². The van der Waals surface area contributed by atoms with E-state index >= 15 is 0 Å².